The second kappa shape index (κ2) is 8.66. The van der Waals surface area contributed by atoms with Crippen LogP contribution in [0, 0.1) is 0 Å². The first-order valence-corrected chi connectivity index (χ1v) is 9.68. The van der Waals surface area contributed by atoms with Gasteiger partial charge >= 0.3 is 0 Å². The summed E-state index contributed by atoms with van der Waals surface area (Å²) >= 11 is 0. The summed E-state index contributed by atoms with van der Waals surface area (Å²) in [4.78, 5) is 41.1. The molecule has 2 N–H and O–H groups in total. The zero-order valence-corrected chi connectivity index (χ0v) is 17.4. The average Bonchev–Trinajstić information content (AvgIpc) is 3.42. The van der Waals surface area contributed by atoms with E-state index in [1.165, 1.54) is 0 Å². The van der Waals surface area contributed by atoms with Gasteiger partial charge in [0.1, 0.15) is 11.4 Å². The van der Waals surface area contributed by atoms with E-state index in [0.717, 1.165) is 31.4 Å². The highest BCUT2D eigenvalue weighted by atomic mass is 16.5. The molecule has 0 atom stereocenters. The van der Waals surface area contributed by atoms with Crippen LogP contribution in [-0.4, -0.2) is 47.7 Å². The van der Waals surface area contributed by atoms with Crippen molar-refractivity contribution < 1.29 is 41.1 Å². The number of nitrogens with two attached hydrogens (primary N) is 1. The number of amides is 3. The normalized spacial score (nSPS) is 30.0. The molecule has 9 heteroatoms. The fourth-order valence-corrected chi connectivity index (χ4v) is 3.34. The molecule has 0 saturated carbocycles. The number of primary amides is 1. The Morgan fingerprint density at radius 1 is 1.06 bits per heavy atom. The number of piperidine rings is 1. The molecule has 34 heavy (non-hydrogen) atoms. The molecule has 1 saturated heterocycles. The van der Waals surface area contributed by atoms with Crippen molar-refractivity contribution in [3.05, 3.63) is 65.4 Å². The van der Waals surface area contributed by atoms with Gasteiger partial charge in [0.2, 0.25) is 5.91 Å². The lowest BCUT2D eigenvalue weighted by Crippen LogP contribution is -2.39. The summed E-state index contributed by atoms with van der Waals surface area (Å²) in [5, 5.41) is 3.84. The van der Waals surface area contributed by atoms with Crippen molar-refractivity contribution >= 4 is 29.1 Å². The molecule has 5 rings (SSSR count). The largest absolute Gasteiger partial charge is 0.497 e. The molecular weight excluding hydrogens is 434 g/mol. The van der Waals surface area contributed by atoms with Gasteiger partial charge in [0, 0.05) is 47.3 Å². The van der Waals surface area contributed by atoms with E-state index in [2.05, 4.69) is 5.10 Å². The molecule has 2 aromatic carbocycles. The predicted octanol–water partition coefficient (Wildman–Crippen LogP) is 2.70. The summed E-state index contributed by atoms with van der Waals surface area (Å²) in [6, 6.07) is 0.842. The maximum atomic E-state index is 14.3. The molecule has 2 aliphatic heterocycles. The topological polar surface area (TPSA) is 111 Å². The van der Waals surface area contributed by atoms with Crippen molar-refractivity contribution in [1.82, 2.24) is 9.78 Å². The second-order valence-electron chi connectivity index (χ2n) is 6.88. The van der Waals surface area contributed by atoms with Gasteiger partial charge in [-0.15, -0.1) is 0 Å². The number of rotatable bonds is 5. The molecular formula is C25H25N5O4. The van der Waals surface area contributed by atoms with Crippen LogP contribution in [0.15, 0.2) is 48.4 Å². The summed E-state index contributed by atoms with van der Waals surface area (Å²) in [5.41, 5.74) is -5.04. The standard InChI is InChI=1S/C25H25N5O4/c1-34-19-11-9-18(10-12-19)30-23-20(22(27-30)24(26)32)13-15-29(25(23)33)17-7-5-16(6-8-17)28-14-3-2-4-21(28)31/h5-12H,2-4,13-15H2,1H3,(H2,26,32)/i2D2,3D2,4D2,9D,10D,11D,12D,13D2,15D2/hD2. The van der Waals surface area contributed by atoms with Crippen molar-refractivity contribution in [2.24, 2.45) is 5.72 Å². The summed E-state index contributed by atoms with van der Waals surface area (Å²) in [5.74, 6) is -5.00. The van der Waals surface area contributed by atoms with Crippen molar-refractivity contribution in [3.63, 3.8) is 0 Å². The van der Waals surface area contributed by atoms with Gasteiger partial charge in [-0.1, -0.05) is 0 Å². The number of carbonyl (C=O) groups excluding carboxylic acids is 3. The minimum atomic E-state index is -3.41. The first-order valence-electron chi connectivity index (χ1n) is 17.6. The van der Waals surface area contributed by atoms with E-state index >= 15 is 0 Å². The minimum absolute atomic E-state index is 0.193. The zero-order chi connectivity index (χ0) is 37.8. The Hall–Kier alpha value is -4.14. The molecule has 0 radical (unpaired) electrons. The Morgan fingerprint density at radius 2 is 1.76 bits per heavy atom. The number of benzene rings is 2. The van der Waals surface area contributed by atoms with Crippen LogP contribution in [0.1, 0.15) is 64.8 Å². The van der Waals surface area contributed by atoms with Gasteiger partial charge in [-0.3, -0.25) is 14.4 Å². The van der Waals surface area contributed by atoms with E-state index < -0.39 is 120 Å². The molecule has 0 unspecified atom stereocenters. The van der Waals surface area contributed by atoms with Crippen LogP contribution in [0.2, 0.25) is 2.82 Å². The lowest BCUT2D eigenvalue weighted by molar-refractivity contribution is -0.119. The van der Waals surface area contributed by atoms with Gasteiger partial charge in [-0.25, -0.2) is 4.68 Å². The number of hydrogen-bond donors (Lipinski definition) is 1. The molecule has 3 heterocycles. The van der Waals surface area contributed by atoms with E-state index in [9.17, 15) is 14.4 Å². The third-order valence-electron chi connectivity index (χ3n) is 4.95. The molecule has 9 nitrogen and oxygen atoms in total. The van der Waals surface area contributed by atoms with Crippen molar-refractivity contribution in [1.29, 1.82) is 0 Å². The van der Waals surface area contributed by atoms with E-state index in [-0.39, 0.29) is 10.6 Å². The van der Waals surface area contributed by atoms with Crippen molar-refractivity contribution in [2.45, 2.75) is 25.5 Å². The Labute approximate surface area is 219 Å². The Balaban J connectivity index is 1.72. The monoisotopic (exact) mass is 475 g/mol. The molecule has 3 amide bonds. The van der Waals surface area contributed by atoms with Crippen LogP contribution in [0.25, 0.3) is 5.69 Å². The molecule has 0 spiro atoms. The number of methoxy groups -OCH3 is 1. The fourth-order valence-electron chi connectivity index (χ4n) is 3.34. The van der Waals surface area contributed by atoms with Crippen LogP contribution in [-0.2, 0) is 11.2 Å². The fraction of sp³-hybridized carbons (Fsp3) is 0.280. The average molecular weight is 476 g/mol. The molecule has 1 aromatic heterocycles. The highest BCUT2D eigenvalue weighted by Gasteiger charge is 2.34. The summed E-state index contributed by atoms with van der Waals surface area (Å²) < 4.78 is 137. The SMILES string of the molecule is [2H]c1c([2H])c(-n2nc(C(=O)N([2H])[2H])c3c2C(=O)N(c2ccc(N4CC([2H])([2H])C([2H])([2H])C([2H])([2H])C4=O)cc2)C([2H])([2H])C3([2H])[2H])c([2H])c([2H])c1OC. The van der Waals surface area contributed by atoms with Gasteiger partial charge in [-0.2, -0.15) is 5.10 Å². The number of ether oxygens (including phenoxy) is 1. The lowest BCUT2D eigenvalue weighted by atomic mass is 10.0. The Kier molecular flexibility index (Phi) is 2.55. The van der Waals surface area contributed by atoms with Gasteiger partial charge in [0.25, 0.3) is 11.8 Å². The van der Waals surface area contributed by atoms with Crippen LogP contribution in [0.5, 0.6) is 5.75 Å². The molecule has 3 aromatic rings. The van der Waals surface area contributed by atoms with E-state index in [4.69, 9.17) is 26.8 Å². The zero-order valence-electron chi connectivity index (χ0n) is 33.4. The highest BCUT2D eigenvalue weighted by Crippen LogP contribution is 2.31. The molecule has 0 bridgehead atoms. The third-order valence-corrected chi connectivity index (χ3v) is 4.95. The number of nitrogens with zero attached hydrogens (tertiary/aromatic N) is 4. The first-order chi connectivity index (χ1) is 22.8. The van der Waals surface area contributed by atoms with Crippen LogP contribution in [0.3, 0.4) is 0 Å². The molecule has 174 valence electrons. The van der Waals surface area contributed by atoms with E-state index in [1.807, 2.05) is 0 Å². The Bertz CT molecular complexity index is 1930. The van der Waals surface area contributed by atoms with Crippen LogP contribution < -0.4 is 20.3 Å². The Morgan fingerprint density at radius 3 is 2.44 bits per heavy atom. The summed E-state index contributed by atoms with van der Waals surface area (Å²) in [7, 11) is 1.07. The number of fused-ring (bicyclic) bond motifs is 1. The van der Waals surface area contributed by atoms with E-state index in [1.54, 1.807) is 0 Å². The van der Waals surface area contributed by atoms with Gasteiger partial charge in [-0.05, 0) is 67.6 Å². The first kappa shape index (κ1) is 10.0. The van der Waals surface area contributed by atoms with Crippen LogP contribution in [0.4, 0.5) is 11.4 Å². The van der Waals surface area contributed by atoms with E-state index in [0.29, 0.717) is 9.58 Å². The number of anilines is 2. The molecule has 1 fully saturated rings. The van der Waals surface area contributed by atoms with Gasteiger partial charge in [0.05, 0.1) is 21.0 Å². The third kappa shape index (κ3) is 3.68. The minimum Gasteiger partial charge on any atom is -0.497 e. The number of aromatic nitrogens is 2. The maximum absolute atomic E-state index is 14.3. The molecule has 0 aliphatic carbocycles. The lowest BCUT2D eigenvalue weighted by Gasteiger charge is -2.29. The second-order valence-corrected chi connectivity index (χ2v) is 6.88. The highest BCUT2D eigenvalue weighted by molar-refractivity contribution is 6.09. The van der Waals surface area contributed by atoms with Crippen molar-refractivity contribution in [2.75, 3.05) is 30.0 Å². The molecule has 2 aliphatic rings. The summed E-state index contributed by atoms with van der Waals surface area (Å²) in [6.07, 6.45) is -12.8. The van der Waals surface area contributed by atoms with Gasteiger partial charge < -0.3 is 20.3 Å². The summed E-state index contributed by atoms with van der Waals surface area (Å²) in [6.45, 7) is -4.33. The number of hydrogen-bond acceptors (Lipinski definition) is 5. The number of carbonyl (C=O) groups is 3. The quantitative estimate of drug-likeness (QED) is 0.610. The smallest absolute Gasteiger partial charge is 0.277 e. The van der Waals surface area contributed by atoms with Gasteiger partial charge in [0.15, 0.2) is 8.52 Å². The maximum Gasteiger partial charge on any atom is 0.277 e. The van der Waals surface area contributed by atoms with Crippen molar-refractivity contribution in [3.8, 4) is 11.4 Å². The van der Waals surface area contributed by atoms with Crippen LogP contribution >= 0.6 is 0 Å². The predicted molar refractivity (Wildman–Crippen MR) is 127 cm³/mol.